The van der Waals surface area contributed by atoms with Gasteiger partial charge < -0.3 is 10.1 Å². The topological polar surface area (TPSA) is 84.9 Å². The molecule has 0 unspecified atom stereocenters. The summed E-state index contributed by atoms with van der Waals surface area (Å²) in [4.78, 5) is 15.6. The van der Waals surface area contributed by atoms with Gasteiger partial charge in [0.05, 0.1) is 31.1 Å². The Morgan fingerprint density at radius 3 is 2.77 bits per heavy atom. The van der Waals surface area contributed by atoms with Crippen LogP contribution in [0.1, 0.15) is 12.8 Å². The zero-order valence-corrected chi connectivity index (χ0v) is 17.0. The number of anilines is 1. The molecule has 1 N–H and O–H groups in total. The van der Waals surface area contributed by atoms with Crippen molar-refractivity contribution in [2.24, 2.45) is 0 Å². The molecule has 154 valence electrons. The average molecular weight is 425 g/mol. The van der Waals surface area contributed by atoms with Gasteiger partial charge in [-0.1, -0.05) is 11.6 Å². The number of morpholine rings is 1. The Hall–Kier alpha value is -2.75. The van der Waals surface area contributed by atoms with Gasteiger partial charge in [0.2, 0.25) is 11.7 Å². The summed E-state index contributed by atoms with van der Waals surface area (Å²) in [6.07, 6.45) is 11.3. The number of nitrogens with zero attached hydrogens (tertiary/aromatic N) is 7. The molecule has 0 bridgehead atoms. The van der Waals surface area contributed by atoms with Crippen LogP contribution >= 0.6 is 11.6 Å². The van der Waals surface area contributed by atoms with Crippen molar-refractivity contribution in [1.82, 2.24) is 33.9 Å². The number of nitrogens with one attached hydrogen (secondary N) is 1. The lowest BCUT2D eigenvalue weighted by Gasteiger charge is -2.44. The molecule has 4 aromatic heterocycles. The van der Waals surface area contributed by atoms with Gasteiger partial charge in [-0.25, -0.2) is 19.5 Å². The zero-order chi connectivity index (χ0) is 20.1. The molecule has 0 aromatic carbocycles. The minimum Gasteiger partial charge on any atom is -0.379 e. The SMILES string of the molecule is Clc1cnc2ncc(-c3ccn4nc(N[C@H]5C[C@H](N6CCOCC6)C5)ncc34)cn12. The lowest BCUT2D eigenvalue weighted by Crippen LogP contribution is -2.53. The lowest BCUT2D eigenvalue weighted by atomic mass is 9.85. The molecule has 0 spiro atoms. The van der Waals surface area contributed by atoms with Crippen LogP contribution in [-0.4, -0.2) is 72.3 Å². The first-order valence-electron chi connectivity index (χ1n) is 10.2. The molecular weight excluding hydrogens is 404 g/mol. The fourth-order valence-corrected chi connectivity index (χ4v) is 4.50. The van der Waals surface area contributed by atoms with Gasteiger partial charge in [-0.05, 0) is 18.9 Å². The van der Waals surface area contributed by atoms with E-state index in [9.17, 15) is 0 Å². The smallest absolute Gasteiger partial charge is 0.241 e. The third-order valence-electron chi connectivity index (χ3n) is 6.06. The van der Waals surface area contributed by atoms with E-state index in [-0.39, 0.29) is 0 Å². The molecule has 0 atom stereocenters. The highest BCUT2D eigenvalue weighted by Crippen LogP contribution is 2.29. The molecule has 10 heteroatoms. The Morgan fingerprint density at radius 1 is 1.07 bits per heavy atom. The molecule has 0 radical (unpaired) electrons. The molecule has 0 amide bonds. The highest BCUT2D eigenvalue weighted by molar-refractivity contribution is 6.29. The van der Waals surface area contributed by atoms with Crippen molar-refractivity contribution in [1.29, 1.82) is 0 Å². The quantitative estimate of drug-likeness (QED) is 0.538. The molecule has 2 aliphatic rings. The van der Waals surface area contributed by atoms with E-state index in [4.69, 9.17) is 16.3 Å². The first-order valence-corrected chi connectivity index (χ1v) is 10.5. The second-order valence-corrected chi connectivity index (χ2v) is 8.24. The van der Waals surface area contributed by atoms with Crippen molar-refractivity contribution in [3.05, 3.63) is 42.2 Å². The van der Waals surface area contributed by atoms with Crippen LogP contribution in [0.3, 0.4) is 0 Å². The van der Waals surface area contributed by atoms with Crippen LogP contribution in [0.2, 0.25) is 5.15 Å². The van der Waals surface area contributed by atoms with Gasteiger partial charge in [0.1, 0.15) is 5.15 Å². The number of hydrogen-bond acceptors (Lipinski definition) is 7. The highest BCUT2D eigenvalue weighted by Gasteiger charge is 2.34. The van der Waals surface area contributed by atoms with Crippen LogP contribution in [0.25, 0.3) is 22.4 Å². The van der Waals surface area contributed by atoms with Crippen molar-refractivity contribution >= 4 is 28.8 Å². The van der Waals surface area contributed by atoms with Crippen molar-refractivity contribution in [3.8, 4) is 11.1 Å². The predicted octanol–water partition coefficient (Wildman–Crippen LogP) is 2.37. The van der Waals surface area contributed by atoms with E-state index in [0.29, 0.717) is 29.0 Å². The van der Waals surface area contributed by atoms with E-state index >= 15 is 0 Å². The van der Waals surface area contributed by atoms with Gasteiger partial charge in [0, 0.05) is 54.9 Å². The van der Waals surface area contributed by atoms with Gasteiger partial charge in [-0.3, -0.25) is 9.30 Å². The number of aromatic nitrogens is 6. The fraction of sp³-hybridized carbons (Fsp3) is 0.400. The summed E-state index contributed by atoms with van der Waals surface area (Å²) in [6, 6.07) is 3.07. The van der Waals surface area contributed by atoms with Crippen molar-refractivity contribution in [3.63, 3.8) is 0 Å². The van der Waals surface area contributed by atoms with Gasteiger partial charge >= 0.3 is 0 Å². The Balaban J connectivity index is 1.19. The van der Waals surface area contributed by atoms with Crippen LogP contribution < -0.4 is 5.32 Å². The van der Waals surface area contributed by atoms with Crippen molar-refractivity contribution in [2.75, 3.05) is 31.6 Å². The Labute approximate surface area is 177 Å². The molecule has 6 rings (SSSR count). The largest absolute Gasteiger partial charge is 0.379 e. The van der Waals surface area contributed by atoms with E-state index in [1.54, 1.807) is 16.8 Å². The summed E-state index contributed by atoms with van der Waals surface area (Å²) in [7, 11) is 0. The van der Waals surface area contributed by atoms with E-state index in [0.717, 1.165) is 55.8 Å². The number of halogens is 1. The maximum absolute atomic E-state index is 6.19. The summed E-state index contributed by atoms with van der Waals surface area (Å²) in [5, 5.41) is 8.65. The molecule has 30 heavy (non-hydrogen) atoms. The van der Waals surface area contributed by atoms with Crippen LogP contribution in [0.5, 0.6) is 0 Å². The van der Waals surface area contributed by atoms with Crippen LogP contribution in [-0.2, 0) is 4.74 Å². The summed E-state index contributed by atoms with van der Waals surface area (Å²) in [6.45, 7) is 3.77. The summed E-state index contributed by atoms with van der Waals surface area (Å²) in [5.41, 5.74) is 2.84. The second kappa shape index (κ2) is 7.19. The van der Waals surface area contributed by atoms with Crippen molar-refractivity contribution in [2.45, 2.75) is 24.9 Å². The van der Waals surface area contributed by atoms with Crippen LogP contribution in [0, 0.1) is 0 Å². The van der Waals surface area contributed by atoms with Crippen molar-refractivity contribution < 1.29 is 4.74 Å². The van der Waals surface area contributed by atoms with Crippen LogP contribution in [0.15, 0.2) is 37.1 Å². The Morgan fingerprint density at radius 2 is 1.90 bits per heavy atom. The van der Waals surface area contributed by atoms with Crippen LogP contribution in [0.4, 0.5) is 5.95 Å². The third-order valence-corrected chi connectivity index (χ3v) is 6.34. The monoisotopic (exact) mass is 424 g/mol. The molecule has 1 saturated carbocycles. The van der Waals surface area contributed by atoms with Gasteiger partial charge in [-0.15, -0.1) is 5.10 Å². The molecule has 2 fully saturated rings. The minimum absolute atomic E-state index is 0.417. The normalized spacial score (nSPS) is 22.4. The molecule has 5 heterocycles. The van der Waals surface area contributed by atoms with E-state index in [2.05, 4.69) is 30.3 Å². The predicted molar refractivity (Wildman–Crippen MR) is 113 cm³/mol. The molecule has 1 aliphatic heterocycles. The number of fused-ring (bicyclic) bond motifs is 2. The Kier molecular flexibility index (Phi) is 4.33. The van der Waals surface area contributed by atoms with E-state index < -0.39 is 0 Å². The average Bonchev–Trinajstić information content (AvgIpc) is 3.34. The van der Waals surface area contributed by atoms with Gasteiger partial charge in [0.25, 0.3) is 0 Å². The number of imidazole rings is 1. The molecule has 9 nitrogen and oxygen atoms in total. The van der Waals surface area contributed by atoms with Gasteiger partial charge in [-0.2, -0.15) is 0 Å². The first kappa shape index (κ1) is 18.1. The first-order chi connectivity index (χ1) is 14.7. The highest BCUT2D eigenvalue weighted by atomic mass is 35.5. The molecule has 4 aromatic rings. The number of hydrogen-bond donors (Lipinski definition) is 1. The molecule has 1 saturated heterocycles. The summed E-state index contributed by atoms with van der Waals surface area (Å²) >= 11 is 6.19. The maximum atomic E-state index is 6.19. The summed E-state index contributed by atoms with van der Waals surface area (Å²) < 4.78 is 9.06. The second-order valence-electron chi connectivity index (χ2n) is 7.85. The lowest BCUT2D eigenvalue weighted by molar-refractivity contribution is -0.00443. The molecular formula is C20H21ClN8O. The van der Waals surface area contributed by atoms with Gasteiger partial charge in [0.15, 0.2) is 0 Å². The third kappa shape index (κ3) is 3.10. The maximum Gasteiger partial charge on any atom is 0.241 e. The number of ether oxygens (including phenoxy) is 1. The summed E-state index contributed by atoms with van der Waals surface area (Å²) in [5.74, 6) is 1.23. The van der Waals surface area contributed by atoms with E-state index in [1.807, 2.05) is 29.2 Å². The molecule has 1 aliphatic carbocycles. The zero-order valence-electron chi connectivity index (χ0n) is 16.3. The Bertz CT molecular complexity index is 1210. The fourth-order valence-electron chi connectivity index (χ4n) is 4.32. The minimum atomic E-state index is 0.417. The van der Waals surface area contributed by atoms with E-state index in [1.165, 1.54) is 0 Å². The standard InChI is InChI=1S/C20H21ClN8O/c21-18-11-24-20-23-9-13(12-28(18)20)16-1-2-29-17(16)10-22-19(26-29)25-14-7-15(8-14)27-3-5-30-6-4-27/h1-2,9-12,14-15H,3-8H2,(H,25,26)/t14-,15-. The number of rotatable bonds is 4.